The molecule has 2 aromatic carbocycles. The first-order valence-electron chi connectivity index (χ1n) is 7.73. The molecule has 2 aliphatic heterocycles. The third kappa shape index (κ3) is 2.36. The van der Waals surface area contributed by atoms with Gasteiger partial charge in [-0.2, -0.15) is 0 Å². The van der Waals surface area contributed by atoms with Crippen LogP contribution >= 0.6 is 35.4 Å². The third-order valence-corrected chi connectivity index (χ3v) is 5.67. The molecule has 2 bridgehead atoms. The molecule has 1 saturated heterocycles. The number of halogens is 2. The number of ether oxygens (including phenoxy) is 1. The van der Waals surface area contributed by atoms with Crippen molar-refractivity contribution in [1.82, 2.24) is 5.32 Å². The summed E-state index contributed by atoms with van der Waals surface area (Å²) in [6.07, 6.45) is 0.756. The van der Waals surface area contributed by atoms with Crippen LogP contribution in [0.25, 0.3) is 0 Å². The Labute approximate surface area is 156 Å². The number of nitrogens with zero attached hydrogens (tertiary/aromatic N) is 1. The fraction of sp³-hybridized carbons (Fsp3) is 0.278. The van der Waals surface area contributed by atoms with E-state index in [0.717, 1.165) is 29.0 Å². The largest absolute Gasteiger partial charge is 0.466 e. The van der Waals surface area contributed by atoms with Crippen molar-refractivity contribution in [2.24, 2.45) is 0 Å². The maximum Gasteiger partial charge on any atom is 0.188 e. The van der Waals surface area contributed by atoms with Gasteiger partial charge in [0.05, 0.1) is 11.1 Å². The molecule has 1 fully saturated rings. The number of thiocarbonyl (C=S) groups is 1. The van der Waals surface area contributed by atoms with Crippen molar-refractivity contribution in [3.05, 3.63) is 57.6 Å². The predicted molar refractivity (Wildman–Crippen MR) is 102 cm³/mol. The molecular formula is C18H16Cl2N2OS. The lowest BCUT2D eigenvalue weighted by atomic mass is 9.90. The molecule has 6 heteroatoms. The second-order valence-electron chi connectivity index (χ2n) is 6.41. The molecule has 0 aliphatic carbocycles. The second kappa shape index (κ2) is 5.51. The lowest BCUT2D eigenvalue weighted by Gasteiger charge is -2.52. The predicted octanol–water partition coefficient (Wildman–Crippen LogP) is 5.24. The summed E-state index contributed by atoms with van der Waals surface area (Å²) in [4.78, 5) is 1.98. The van der Waals surface area contributed by atoms with E-state index in [2.05, 4.69) is 5.32 Å². The van der Waals surface area contributed by atoms with Gasteiger partial charge in [0.2, 0.25) is 0 Å². The fourth-order valence-electron chi connectivity index (χ4n) is 3.46. The zero-order chi connectivity index (χ0) is 17.1. The number of nitrogens with one attached hydrogen (secondary N) is 1. The Hall–Kier alpha value is -1.49. The maximum atomic E-state index is 6.37. The first kappa shape index (κ1) is 16.0. The molecular weight excluding hydrogens is 363 g/mol. The van der Waals surface area contributed by atoms with Crippen LogP contribution in [0.5, 0.6) is 5.75 Å². The van der Waals surface area contributed by atoms with Crippen LogP contribution in [-0.4, -0.2) is 10.8 Å². The molecule has 0 radical (unpaired) electrons. The number of aryl methyl sites for hydroxylation is 1. The molecule has 0 saturated carbocycles. The normalized spacial score (nSPS) is 24.9. The number of hydrogen-bond acceptors (Lipinski definition) is 2. The summed E-state index contributed by atoms with van der Waals surface area (Å²) >= 11 is 18.3. The Bertz CT molecular complexity index is 857. The number of rotatable bonds is 1. The lowest BCUT2D eigenvalue weighted by Crippen LogP contribution is -2.65. The number of anilines is 1. The van der Waals surface area contributed by atoms with Crippen molar-refractivity contribution < 1.29 is 4.74 Å². The lowest BCUT2D eigenvalue weighted by molar-refractivity contribution is 0.0499. The summed E-state index contributed by atoms with van der Waals surface area (Å²) in [6.45, 7) is 4.01. The fourth-order valence-corrected chi connectivity index (χ4v) is 4.30. The van der Waals surface area contributed by atoms with Crippen molar-refractivity contribution in [2.45, 2.75) is 32.0 Å². The topological polar surface area (TPSA) is 24.5 Å². The summed E-state index contributed by atoms with van der Waals surface area (Å²) in [5, 5.41) is 5.35. The molecule has 24 heavy (non-hydrogen) atoms. The van der Waals surface area contributed by atoms with Crippen LogP contribution in [-0.2, 0) is 0 Å². The minimum Gasteiger partial charge on any atom is -0.466 e. The van der Waals surface area contributed by atoms with E-state index in [9.17, 15) is 0 Å². The highest BCUT2D eigenvalue weighted by Gasteiger charge is 2.48. The highest BCUT2D eigenvalue weighted by molar-refractivity contribution is 7.80. The standard InChI is InChI=1S/C18H16Cl2N2OS/c1-10-6-7-11(8-14(10)20)22-17(24)21-15-9-18(22,2)23-16-12(15)4-3-5-13(16)19/h3-8,15H,9H2,1-2H3,(H,21,24)/t15-,18+/m0/s1. The molecule has 0 spiro atoms. The SMILES string of the molecule is Cc1ccc(N2C(=S)N[C@H]3C[C@@]2(C)Oc2c(Cl)cccc23)cc1Cl. The third-order valence-electron chi connectivity index (χ3n) is 4.67. The molecule has 1 N–H and O–H groups in total. The van der Waals surface area contributed by atoms with Crippen LogP contribution in [0.15, 0.2) is 36.4 Å². The van der Waals surface area contributed by atoms with Gasteiger partial charge in [0, 0.05) is 22.7 Å². The van der Waals surface area contributed by atoms with Gasteiger partial charge in [0.15, 0.2) is 10.8 Å². The van der Waals surface area contributed by atoms with Gasteiger partial charge >= 0.3 is 0 Å². The molecule has 4 rings (SSSR count). The monoisotopic (exact) mass is 378 g/mol. The van der Waals surface area contributed by atoms with E-state index in [4.69, 9.17) is 40.2 Å². The Balaban J connectivity index is 1.83. The Morgan fingerprint density at radius 1 is 1.25 bits per heavy atom. The van der Waals surface area contributed by atoms with Crippen LogP contribution < -0.4 is 15.0 Å². The zero-order valence-corrected chi connectivity index (χ0v) is 15.6. The average Bonchev–Trinajstić information content (AvgIpc) is 2.51. The first-order chi connectivity index (χ1) is 11.4. The number of para-hydroxylation sites is 1. The van der Waals surface area contributed by atoms with Crippen molar-refractivity contribution in [3.8, 4) is 5.75 Å². The molecule has 0 amide bonds. The van der Waals surface area contributed by atoms with Crippen LogP contribution in [0.1, 0.15) is 30.5 Å². The van der Waals surface area contributed by atoms with E-state index in [1.165, 1.54) is 0 Å². The van der Waals surface area contributed by atoms with Crippen molar-refractivity contribution >= 4 is 46.2 Å². The second-order valence-corrected chi connectivity index (χ2v) is 7.61. The number of benzene rings is 2. The zero-order valence-electron chi connectivity index (χ0n) is 13.3. The molecule has 0 aromatic heterocycles. The van der Waals surface area contributed by atoms with Gasteiger partial charge in [-0.05, 0) is 49.8 Å². The van der Waals surface area contributed by atoms with E-state index < -0.39 is 5.72 Å². The minimum atomic E-state index is -0.621. The van der Waals surface area contributed by atoms with Crippen molar-refractivity contribution in [1.29, 1.82) is 0 Å². The minimum absolute atomic E-state index is 0.0853. The van der Waals surface area contributed by atoms with Gasteiger partial charge in [0.1, 0.15) is 5.75 Å². The van der Waals surface area contributed by atoms with Gasteiger partial charge in [0.25, 0.3) is 0 Å². The summed E-state index contributed by atoms with van der Waals surface area (Å²) in [6, 6.07) is 11.8. The molecule has 2 heterocycles. The Kier molecular flexibility index (Phi) is 3.68. The van der Waals surface area contributed by atoms with Crippen molar-refractivity contribution in [3.63, 3.8) is 0 Å². The quantitative estimate of drug-likeness (QED) is 0.686. The van der Waals surface area contributed by atoms with Gasteiger partial charge in [-0.1, -0.05) is 41.4 Å². The number of hydrogen-bond donors (Lipinski definition) is 1. The molecule has 3 nitrogen and oxygen atoms in total. The van der Waals surface area contributed by atoms with Crippen LogP contribution in [0.4, 0.5) is 5.69 Å². The van der Waals surface area contributed by atoms with Gasteiger partial charge < -0.3 is 10.1 Å². The Morgan fingerprint density at radius 3 is 2.79 bits per heavy atom. The van der Waals surface area contributed by atoms with Crippen LogP contribution in [0, 0.1) is 6.92 Å². The summed E-state index contributed by atoms with van der Waals surface area (Å²) in [5.74, 6) is 0.719. The van der Waals surface area contributed by atoms with Gasteiger partial charge in [-0.3, -0.25) is 4.90 Å². The molecule has 2 aromatic rings. The van der Waals surface area contributed by atoms with E-state index in [0.29, 0.717) is 15.2 Å². The molecule has 0 unspecified atom stereocenters. The van der Waals surface area contributed by atoms with E-state index >= 15 is 0 Å². The summed E-state index contributed by atoms with van der Waals surface area (Å²) < 4.78 is 6.35. The van der Waals surface area contributed by atoms with Crippen LogP contribution in [0.2, 0.25) is 10.0 Å². The smallest absolute Gasteiger partial charge is 0.188 e. The van der Waals surface area contributed by atoms with Crippen LogP contribution in [0.3, 0.4) is 0 Å². The van der Waals surface area contributed by atoms with Gasteiger partial charge in [-0.25, -0.2) is 0 Å². The molecule has 2 aliphatic rings. The summed E-state index contributed by atoms with van der Waals surface area (Å²) in [5.41, 5.74) is 2.35. The highest BCUT2D eigenvalue weighted by atomic mass is 35.5. The number of fused-ring (bicyclic) bond motifs is 4. The average molecular weight is 379 g/mol. The summed E-state index contributed by atoms with van der Waals surface area (Å²) in [7, 11) is 0. The molecule has 2 atom stereocenters. The molecule has 124 valence electrons. The van der Waals surface area contributed by atoms with Gasteiger partial charge in [-0.15, -0.1) is 0 Å². The first-order valence-corrected chi connectivity index (χ1v) is 8.90. The van der Waals surface area contributed by atoms with E-state index in [1.807, 2.05) is 55.1 Å². The highest BCUT2D eigenvalue weighted by Crippen LogP contribution is 2.48. The van der Waals surface area contributed by atoms with Crippen molar-refractivity contribution in [2.75, 3.05) is 4.90 Å². The van der Waals surface area contributed by atoms with E-state index in [-0.39, 0.29) is 6.04 Å². The maximum absolute atomic E-state index is 6.37. The Morgan fingerprint density at radius 2 is 2.04 bits per heavy atom. The van der Waals surface area contributed by atoms with E-state index in [1.54, 1.807) is 0 Å².